The zero-order valence-electron chi connectivity index (χ0n) is 16.6. The van der Waals surface area contributed by atoms with Gasteiger partial charge in [0.05, 0.1) is 6.61 Å². The third-order valence-electron chi connectivity index (χ3n) is 4.36. The predicted molar refractivity (Wildman–Crippen MR) is 106 cm³/mol. The van der Waals surface area contributed by atoms with E-state index < -0.39 is 24.6 Å². The van der Waals surface area contributed by atoms with E-state index in [1.807, 2.05) is 0 Å². The smallest absolute Gasteiger partial charge is 0.332 e. The van der Waals surface area contributed by atoms with Gasteiger partial charge in [-0.1, -0.05) is 70.4 Å². The lowest BCUT2D eigenvalue weighted by Crippen LogP contribution is -2.36. The lowest BCUT2D eigenvalue weighted by molar-refractivity contribution is -0.161. The van der Waals surface area contributed by atoms with E-state index in [4.69, 9.17) is 10.8 Å². The van der Waals surface area contributed by atoms with E-state index in [-0.39, 0.29) is 6.42 Å². The number of nitrogens with two attached hydrogens (primary N) is 1. The average molecular weight is 370 g/mol. The molecule has 0 aliphatic heterocycles. The fourth-order valence-electron chi connectivity index (χ4n) is 2.65. The Kier molecular flexibility index (Phi) is 17.7. The number of aliphatic hydroxyl groups is 1. The van der Waals surface area contributed by atoms with Crippen LogP contribution in [0.2, 0.25) is 0 Å². The van der Waals surface area contributed by atoms with Crippen molar-refractivity contribution < 1.29 is 19.4 Å². The molecule has 5 heteroatoms. The minimum Gasteiger partial charge on any atom is -0.394 e. The number of ether oxygens (including phenoxy) is 1. The van der Waals surface area contributed by atoms with Gasteiger partial charge >= 0.3 is 11.9 Å². The molecule has 5 nitrogen and oxygen atoms in total. The largest absolute Gasteiger partial charge is 0.394 e. The highest BCUT2D eigenvalue weighted by Gasteiger charge is 2.17. The minimum absolute atomic E-state index is 0.224. The summed E-state index contributed by atoms with van der Waals surface area (Å²) in [4.78, 5) is 22.6. The van der Waals surface area contributed by atoms with E-state index in [0.29, 0.717) is 6.42 Å². The number of rotatable bonds is 17. The van der Waals surface area contributed by atoms with Gasteiger partial charge in [0.15, 0.2) is 0 Å². The van der Waals surface area contributed by atoms with Gasteiger partial charge in [-0.25, -0.2) is 4.79 Å². The number of esters is 2. The number of aliphatic hydroxyl groups excluding tert-OH is 1. The third kappa shape index (κ3) is 16.3. The molecule has 0 aliphatic carbocycles. The van der Waals surface area contributed by atoms with Gasteiger partial charge in [0.2, 0.25) is 0 Å². The molecule has 0 spiro atoms. The van der Waals surface area contributed by atoms with E-state index >= 15 is 0 Å². The van der Waals surface area contributed by atoms with E-state index in [9.17, 15) is 9.59 Å². The first-order valence-electron chi connectivity index (χ1n) is 10.4. The summed E-state index contributed by atoms with van der Waals surface area (Å²) >= 11 is 0. The molecule has 0 radical (unpaired) electrons. The Labute approximate surface area is 159 Å². The summed E-state index contributed by atoms with van der Waals surface area (Å²) in [5.74, 6) is -1.42. The van der Waals surface area contributed by atoms with Crippen molar-refractivity contribution in [2.45, 2.75) is 103 Å². The standard InChI is InChI=1S/C21H39NO4/c1-2-3-4-5-6-7-8-9-10-11-12-13-14-15-16-17-20(24)26-21(25)19(22)18-23/h9-10,19,23H,2-8,11-18,22H2,1H3/b10-9-. The van der Waals surface area contributed by atoms with Crippen LogP contribution in [-0.4, -0.2) is 29.7 Å². The Balaban J connectivity index is 3.34. The quantitative estimate of drug-likeness (QED) is 0.171. The van der Waals surface area contributed by atoms with Crippen LogP contribution in [0, 0.1) is 0 Å². The molecule has 0 aromatic heterocycles. The number of allylic oxidation sites excluding steroid dienone is 2. The summed E-state index contributed by atoms with van der Waals surface area (Å²) in [7, 11) is 0. The molecule has 0 saturated carbocycles. The molecule has 0 heterocycles. The molecule has 0 rings (SSSR count). The second-order valence-electron chi connectivity index (χ2n) is 6.92. The Morgan fingerprint density at radius 3 is 1.92 bits per heavy atom. The highest BCUT2D eigenvalue weighted by Crippen LogP contribution is 2.10. The number of unbranched alkanes of at least 4 members (excludes halogenated alkanes) is 11. The van der Waals surface area contributed by atoms with Crippen LogP contribution in [0.15, 0.2) is 12.2 Å². The number of carbonyl (C=O) groups excluding carboxylic acids is 2. The van der Waals surface area contributed by atoms with Gasteiger partial charge in [0.25, 0.3) is 0 Å². The van der Waals surface area contributed by atoms with Gasteiger partial charge < -0.3 is 15.6 Å². The lowest BCUT2D eigenvalue weighted by atomic mass is 10.1. The molecule has 3 N–H and O–H groups in total. The maximum Gasteiger partial charge on any atom is 0.332 e. The van der Waals surface area contributed by atoms with Crippen LogP contribution in [0.5, 0.6) is 0 Å². The lowest BCUT2D eigenvalue weighted by Gasteiger charge is -2.07. The van der Waals surface area contributed by atoms with Gasteiger partial charge in [-0.3, -0.25) is 4.79 Å². The van der Waals surface area contributed by atoms with Crippen LogP contribution in [0.3, 0.4) is 0 Å². The number of carbonyl (C=O) groups is 2. The van der Waals surface area contributed by atoms with E-state index in [2.05, 4.69) is 23.8 Å². The van der Waals surface area contributed by atoms with Crippen LogP contribution >= 0.6 is 0 Å². The van der Waals surface area contributed by atoms with Crippen LogP contribution in [0.25, 0.3) is 0 Å². The second kappa shape index (κ2) is 18.6. The molecule has 0 amide bonds. The summed E-state index contributed by atoms with van der Waals surface area (Å²) in [6.45, 7) is 1.73. The van der Waals surface area contributed by atoms with E-state index in [1.54, 1.807) is 0 Å². The van der Waals surface area contributed by atoms with Crippen molar-refractivity contribution in [3.05, 3.63) is 12.2 Å². The Hall–Kier alpha value is -1.20. The first-order valence-corrected chi connectivity index (χ1v) is 10.4. The van der Waals surface area contributed by atoms with Crippen molar-refractivity contribution in [1.29, 1.82) is 0 Å². The van der Waals surface area contributed by atoms with Crippen LogP contribution in [0.1, 0.15) is 96.8 Å². The number of hydrogen-bond acceptors (Lipinski definition) is 5. The molecule has 0 aromatic rings. The summed E-state index contributed by atoms with van der Waals surface area (Å²) < 4.78 is 4.55. The zero-order valence-corrected chi connectivity index (χ0v) is 16.6. The van der Waals surface area contributed by atoms with Gasteiger partial charge in [-0.15, -0.1) is 0 Å². The predicted octanol–water partition coefficient (Wildman–Crippen LogP) is 4.41. The molecule has 0 fully saturated rings. The molecule has 0 bridgehead atoms. The van der Waals surface area contributed by atoms with E-state index in [1.165, 1.54) is 51.4 Å². The van der Waals surface area contributed by atoms with E-state index in [0.717, 1.165) is 25.7 Å². The molecule has 1 atom stereocenters. The van der Waals surface area contributed by atoms with Crippen LogP contribution in [0.4, 0.5) is 0 Å². The molecular formula is C21H39NO4. The van der Waals surface area contributed by atoms with Gasteiger partial charge in [-0.05, 0) is 32.1 Å². The fourth-order valence-corrected chi connectivity index (χ4v) is 2.65. The maximum absolute atomic E-state index is 11.4. The second-order valence-corrected chi connectivity index (χ2v) is 6.92. The topological polar surface area (TPSA) is 89.6 Å². The first kappa shape index (κ1) is 24.8. The van der Waals surface area contributed by atoms with Gasteiger partial charge in [0.1, 0.15) is 6.04 Å². The van der Waals surface area contributed by atoms with Crippen molar-refractivity contribution >= 4 is 11.9 Å². The van der Waals surface area contributed by atoms with Crippen molar-refractivity contribution in [3.63, 3.8) is 0 Å². The number of hydrogen-bond donors (Lipinski definition) is 2. The monoisotopic (exact) mass is 369 g/mol. The van der Waals surface area contributed by atoms with Crippen molar-refractivity contribution in [3.8, 4) is 0 Å². The first-order chi connectivity index (χ1) is 12.6. The summed E-state index contributed by atoms with van der Waals surface area (Å²) in [5.41, 5.74) is 5.27. The molecule has 26 heavy (non-hydrogen) atoms. The Morgan fingerprint density at radius 1 is 0.885 bits per heavy atom. The highest BCUT2D eigenvalue weighted by molar-refractivity contribution is 5.88. The maximum atomic E-state index is 11.4. The molecule has 0 saturated heterocycles. The van der Waals surface area contributed by atoms with Crippen LogP contribution < -0.4 is 5.73 Å². The Morgan fingerprint density at radius 2 is 1.38 bits per heavy atom. The third-order valence-corrected chi connectivity index (χ3v) is 4.36. The van der Waals surface area contributed by atoms with Crippen LogP contribution in [-0.2, 0) is 14.3 Å². The van der Waals surface area contributed by atoms with Crippen molar-refractivity contribution in [2.75, 3.05) is 6.61 Å². The zero-order chi connectivity index (χ0) is 19.5. The summed E-state index contributed by atoms with van der Waals surface area (Å²) in [6, 6.07) is -1.13. The molecule has 0 aliphatic rings. The summed E-state index contributed by atoms with van der Waals surface area (Å²) in [5, 5.41) is 8.69. The van der Waals surface area contributed by atoms with Gasteiger partial charge in [-0.2, -0.15) is 0 Å². The molecule has 0 aromatic carbocycles. The molecule has 152 valence electrons. The van der Waals surface area contributed by atoms with Crippen molar-refractivity contribution in [2.24, 2.45) is 5.73 Å². The minimum atomic E-state index is -1.13. The molecule has 1 unspecified atom stereocenters. The Bertz CT molecular complexity index is 382. The molecular weight excluding hydrogens is 330 g/mol. The highest BCUT2D eigenvalue weighted by atomic mass is 16.6. The fraction of sp³-hybridized carbons (Fsp3) is 0.810. The normalized spacial score (nSPS) is 12.4. The SMILES string of the molecule is CCCCCCCC/C=C\CCCCCCCC(=O)OC(=O)C(N)CO. The van der Waals surface area contributed by atoms with Crippen molar-refractivity contribution in [1.82, 2.24) is 0 Å². The average Bonchev–Trinajstić information content (AvgIpc) is 2.64. The summed E-state index contributed by atoms with van der Waals surface area (Å²) in [6.07, 6.45) is 20.3. The van der Waals surface area contributed by atoms with Gasteiger partial charge in [0, 0.05) is 6.42 Å².